The van der Waals surface area contributed by atoms with E-state index in [1.807, 2.05) is 36.1 Å². The van der Waals surface area contributed by atoms with Crippen molar-refractivity contribution in [3.05, 3.63) is 35.4 Å². The van der Waals surface area contributed by atoms with E-state index < -0.39 is 10.0 Å². The Balaban J connectivity index is 2.00. The largest absolute Gasteiger partial charge is 0.338 e. The number of likely N-dealkylation sites (tertiary alicyclic amines) is 1. The van der Waals surface area contributed by atoms with Crippen LogP contribution < -0.4 is 4.72 Å². The summed E-state index contributed by atoms with van der Waals surface area (Å²) in [4.78, 5) is 14.4. The van der Waals surface area contributed by atoms with Gasteiger partial charge in [-0.25, -0.2) is 13.1 Å². The number of amides is 1. The summed E-state index contributed by atoms with van der Waals surface area (Å²) in [6, 6.07) is 7.91. The van der Waals surface area contributed by atoms with Gasteiger partial charge in [-0.2, -0.15) is 0 Å². The zero-order valence-corrected chi connectivity index (χ0v) is 14.0. The fourth-order valence-electron chi connectivity index (χ4n) is 2.77. The lowest BCUT2D eigenvalue weighted by Gasteiger charge is -2.36. The maximum Gasteiger partial charge on any atom is 0.227 e. The Hall–Kier alpha value is -1.40. The van der Waals surface area contributed by atoms with Crippen LogP contribution in [0.25, 0.3) is 0 Å². The Morgan fingerprint density at radius 2 is 1.95 bits per heavy atom. The van der Waals surface area contributed by atoms with Crippen LogP contribution in [-0.2, 0) is 21.2 Å². The first-order valence-electron chi connectivity index (χ1n) is 7.65. The van der Waals surface area contributed by atoms with Crippen LogP contribution in [0.5, 0.6) is 0 Å². The molecule has 1 atom stereocenters. The van der Waals surface area contributed by atoms with Crippen LogP contribution in [0.3, 0.4) is 0 Å². The Morgan fingerprint density at radius 1 is 1.27 bits per heavy atom. The van der Waals surface area contributed by atoms with Gasteiger partial charge in [-0.3, -0.25) is 4.79 Å². The second-order valence-electron chi connectivity index (χ2n) is 6.02. The van der Waals surface area contributed by atoms with Gasteiger partial charge < -0.3 is 4.90 Å². The van der Waals surface area contributed by atoms with Crippen LogP contribution >= 0.6 is 0 Å². The van der Waals surface area contributed by atoms with Crippen LogP contribution in [0.15, 0.2) is 24.3 Å². The molecule has 1 fully saturated rings. The third-order valence-corrected chi connectivity index (χ3v) is 4.70. The minimum Gasteiger partial charge on any atom is -0.338 e. The summed E-state index contributed by atoms with van der Waals surface area (Å²) in [6.45, 7) is 3.03. The molecule has 1 aromatic carbocycles. The van der Waals surface area contributed by atoms with Gasteiger partial charge in [-0.15, -0.1) is 0 Å². The standard InChI is InChI=1S/C16H24N2O3S/c1-13-6-8-14(9-7-13)11-16(19)18-10-4-3-5-15(18)12-17-22(2,20)21/h6-9,15,17H,3-5,10-12H2,1-2H3/t15-/m1/s1. The fourth-order valence-corrected chi connectivity index (χ4v) is 3.27. The molecule has 1 aliphatic heterocycles. The van der Waals surface area contributed by atoms with E-state index in [1.54, 1.807) is 0 Å². The van der Waals surface area contributed by atoms with Gasteiger partial charge >= 0.3 is 0 Å². The number of rotatable bonds is 5. The van der Waals surface area contributed by atoms with E-state index in [-0.39, 0.29) is 11.9 Å². The molecule has 0 unspecified atom stereocenters. The van der Waals surface area contributed by atoms with Crippen LogP contribution in [0.1, 0.15) is 30.4 Å². The molecule has 1 heterocycles. The van der Waals surface area contributed by atoms with Crippen molar-refractivity contribution < 1.29 is 13.2 Å². The number of hydrogen-bond acceptors (Lipinski definition) is 3. The quantitative estimate of drug-likeness (QED) is 0.892. The highest BCUT2D eigenvalue weighted by Crippen LogP contribution is 2.18. The highest BCUT2D eigenvalue weighted by atomic mass is 32.2. The summed E-state index contributed by atoms with van der Waals surface area (Å²) in [7, 11) is -3.22. The normalized spacial score (nSPS) is 19.2. The third kappa shape index (κ3) is 5.10. The zero-order chi connectivity index (χ0) is 16.2. The monoisotopic (exact) mass is 324 g/mol. The van der Waals surface area contributed by atoms with Crippen molar-refractivity contribution in [3.63, 3.8) is 0 Å². The van der Waals surface area contributed by atoms with Gasteiger partial charge in [0.25, 0.3) is 0 Å². The Kier molecular flexibility index (Phi) is 5.58. The van der Waals surface area contributed by atoms with E-state index in [0.29, 0.717) is 19.5 Å². The number of piperidine rings is 1. The van der Waals surface area contributed by atoms with Crippen molar-refractivity contribution in [1.29, 1.82) is 0 Å². The first-order valence-corrected chi connectivity index (χ1v) is 9.54. The Labute approximate surface area is 132 Å². The topological polar surface area (TPSA) is 66.5 Å². The number of carbonyl (C=O) groups excluding carboxylic acids is 1. The van der Waals surface area contributed by atoms with E-state index in [0.717, 1.165) is 31.1 Å². The molecular formula is C16H24N2O3S. The summed E-state index contributed by atoms with van der Waals surface area (Å²) in [6.07, 6.45) is 4.38. The predicted octanol–water partition coefficient (Wildman–Crippen LogP) is 1.47. The predicted molar refractivity (Wildman–Crippen MR) is 87.1 cm³/mol. The SMILES string of the molecule is Cc1ccc(CC(=O)N2CCCC[C@@H]2CNS(C)(=O)=O)cc1. The molecule has 0 spiro atoms. The van der Waals surface area contributed by atoms with E-state index >= 15 is 0 Å². The van der Waals surface area contributed by atoms with E-state index in [4.69, 9.17) is 0 Å². The van der Waals surface area contributed by atoms with E-state index in [1.165, 1.54) is 5.56 Å². The molecule has 1 aromatic rings. The second kappa shape index (κ2) is 7.24. The molecule has 0 aromatic heterocycles. The molecule has 1 amide bonds. The number of sulfonamides is 1. The van der Waals surface area contributed by atoms with Crippen LogP contribution in [0.2, 0.25) is 0 Å². The average molecular weight is 324 g/mol. The van der Waals surface area contributed by atoms with Gasteiger partial charge in [0.1, 0.15) is 0 Å². The molecule has 6 heteroatoms. The summed E-state index contributed by atoms with van der Waals surface area (Å²) in [5.74, 6) is 0.0730. The molecule has 0 saturated carbocycles. The smallest absolute Gasteiger partial charge is 0.227 e. The van der Waals surface area contributed by atoms with Gasteiger partial charge in [0, 0.05) is 19.1 Å². The summed E-state index contributed by atoms with van der Waals surface area (Å²) in [5.41, 5.74) is 2.17. The molecule has 0 aliphatic carbocycles. The molecule has 122 valence electrons. The van der Waals surface area contributed by atoms with Crippen LogP contribution in [-0.4, -0.2) is 44.6 Å². The molecule has 1 saturated heterocycles. The van der Waals surface area contributed by atoms with Gasteiger partial charge in [-0.05, 0) is 31.7 Å². The van der Waals surface area contributed by atoms with E-state index in [2.05, 4.69) is 4.72 Å². The first-order chi connectivity index (χ1) is 10.3. The van der Waals surface area contributed by atoms with Crippen molar-refractivity contribution >= 4 is 15.9 Å². The number of aryl methyl sites for hydroxylation is 1. The number of hydrogen-bond donors (Lipinski definition) is 1. The van der Waals surface area contributed by atoms with Crippen LogP contribution in [0.4, 0.5) is 0 Å². The molecular weight excluding hydrogens is 300 g/mol. The van der Waals surface area contributed by atoms with Crippen molar-refractivity contribution in [2.45, 2.75) is 38.6 Å². The highest BCUT2D eigenvalue weighted by molar-refractivity contribution is 7.88. The van der Waals surface area contributed by atoms with Crippen LogP contribution in [0, 0.1) is 6.92 Å². The lowest BCUT2D eigenvalue weighted by atomic mass is 10.0. The highest BCUT2D eigenvalue weighted by Gasteiger charge is 2.27. The molecule has 1 aliphatic rings. The number of carbonyl (C=O) groups is 1. The average Bonchev–Trinajstić information content (AvgIpc) is 2.47. The summed E-state index contributed by atoms with van der Waals surface area (Å²) < 4.78 is 25.0. The van der Waals surface area contributed by atoms with Gasteiger partial charge in [0.2, 0.25) is 15.9 Å². The van der Waals surface area contributed by atoms with Crippen molar-refractivity contribution in [2.75, 3.05) is 19.3 Å². The lowest BCUT2D eigenvalue weighted by molar-refractivity contribution is -0.133. The van der Waals surface area contributed by atoms with Gasteiger partial charge in [0.05, 0.1) is 12.7 Å². The molecule has 1 N–H and O–H groups in total. The minimum atomic E-state index is -3.22. The molecule has 5 nitrogen and oxygen atoms in total. The molecule has 0 bridgehead atoms. The van der Waals surface area contributed by atoms with Crippen molar-refractivity contribution in [2.24, 2.45) is 0 Å². The Morgan fingerprint density at radius 3 is 2.59 bits per heavy atom. The lowest BCUT2D eigenvalue weighted by Crippen LogP contribution is -2.49. The maximum atomic E-state index is 12.5. The summed E-state index contributed by atoms with van der Waals surface area (Å²) in [5, 5.41) is 0. The van der Waals surface area contributed by atoms with Crippen molar-refractivity contribution in [1.82, 2.24) is 9.62 Å². The first kappa shape index (κ1) is 17.0. The van der Waals surface area contributed by atoms with E-state index in [9.17, 15) is 13.2 Å². The minimum absolute atomic E-state index is 0.0403. The maximum absolute atomic E-state index is 12.5. The van der Waals surface area contributed by atoms with Gasteiger partial charge in [0.15, 0.2) is 0 Å². The number of nitrogens with zero attached hydrogens (tertiary/aromatic N) is 1. The third-order valence-electron chi connectivity index (χ3n) is 4.00. The van der Waals surface area contributed by atoms with Gasteiger partial charge in [-0.1, -0.05) is 29.8 Å². The Bertz CT molecular complexity index is 611. The molecule has 0 radical (unpaired) electrons. The number of benzene rings is 1. The van der Waals surface area contributed by atoms with Crippen molar-refractivity contribution in [3.8, 4) is 0 Å². The molecule has 2 rings (SSSR count). The summed E-state index contributed by atoms with van der Waals surface area (Å²) >= 11 is 0. The number of nitrogens with one attached hydrogen (secondary N) is 1. The second-order valence-corrected chi connectivity index (χ2v) is 7.85. The molecule has 22 heavy (non-hydrogen) atoms. The fraction of sp³-hybridized carbons (Fsp3) is 0.562. The zero-order valence-electron chi connectivity index (χ0n) is 13.2.